The average molecular weight is 289 g/mol. The van der Waals surface area contributed by atoms with Crippen LogP contribution in [0.2, 0.25) is 0 Å². The molecule has 1 unspecified atom stereocenters. The molecule has 4 heteroatoms. The van der Waals surface area contributed by atoms with E-state index < -0.39 is 0 Å². The largest absolute Gasteiger partial charge is 0.488 e. The van der Waals surface area contributed by atoms with Gasteiger partial charge < -0.3 is 9.64 Å². The molecule has 3 rings (SSSR count). The summed E-state index contributed by atoms with van der Waals surface area (Å²) < 4.78 is 5.54. The van der Waals surface area contributed by atoms with Crippen molar-refractivity contribution < 1.29 is 9.53 Å². The first-order valence-electron chi connectivity index (χ1n) is 7.13. The van der Waals surface area contributed by atoms with Crippen LogP contribution in [0.15, 0.2) is 42.2 Å². The molecule has 2 heterocycles. The number of ether oxygens (including phenoxy) is 1. The zero-order chi connectivity index (χ0) is 13.8. The predicted molar refractivity (Wildman–Crippen MR) is 81.5 cm³/mol. The fraction of sp³-hybridized carbons (Fsp3) is 0.438. The van der Waals surface area contributed by atoms with Crippen LogP contribution >= 0.6 is 11.8 Å². The zero-order valence-electron chi connectivity index (χ0n) is 11.5. The van der Waals surface area contributed by atoms with E-state index in [9.17, 15) is 4.79 Å². The van der Waals surface area contributed by atoms with E-state index in [0.29, 0.717) is 12.4 Å². The Balaban J connectivity index is 1.82. The Labute approximate surface area is 124 Å². The summed E-state index contributed by atoms with van der Waals surface area (Å²) in [4.78, 5) is 14.6. The molecule has 1 saturated heterocycles. The maximum absolute atomic E-state index is 12.7. The van der Waals surface area contributed by atoms with E-state index in [1.165, 1.54) is 5.56 Å². The third kappa shape index (κ3) is 2.85. The third-order valence-corrected chi connectivity index (χ3v) is 4.74. The molecule has 0 saturated carbocycles. The van der Waals surface area contributed by atoms with Gasteiger partial charge in [0.15, 0.2) is 5.76 Å². The van der Waals surface area contributed by atoms with Gasteiger partial charge in [0.1, 0.15) is 0 Å². The van der Waals surface area contributed by atoms with Gasteiger partial charge >= 0.3 is 0 Å². The molecule has 0 bridgehead atoms. The van der Waals surface area contributed by atoms with Gasteiger partial charge in [0.2, 0.25) is 0 Å². The van der Waals surface area contributed by atoms with Gasteiger partial charge in [-0.25, -0.2) is 0 Å². The number of rotatable bonds is 2. The highest BCUT2D eigenvalue weighted by atomic mass is 32.2. The minimum atomic E-state index is 0.0545. The second-order valence-corrected chi connectivity index (χ2v) is 6.21. The maximum Gasteiger partial charge on any atom is 0.289 e. The van der Waals surface area contributed by atoms with Crippen molar-refractivity contribution >= 4 is 17.7 Å². The Kier molecular flexibility index (Phi) is 4.31. The van der Waals surface area contributed by atoms with Gasteiger partial charge in [0.25, 0.3) is 5.91 Å². The lowest BCUT2D eigenvalue weighted by molar-refractivity contribution is -0.133. The number of carbonyl (C=O) groups excluding carboxylic acids is 1. The van der Waals surface area contributed by atoms with Crippen molar-refractivity contribution in [2.45, 2.75) is 18.9 Å². The Morgan fingerprint density at radius 2 is 2.15 bits per heavy atom. The Bertz CT molecular complexity index is 500. The minimum Gasteiger partial charge on any atom is -0.488 e. The third-order valence-electron chi connectivity index (χ3n) is 3.72. The molecule has 0 N–H and O–H groups in total. The second kappa shape index (κ2) is 6.35. The summed E-state index contributed by atoms with van der Waals surface area (Å²) in [5.41, 5.74) is 1.21. The highest BCUT2D eigenvalue weighted by Crippen LogP contribution is 2.31. The summed E-state index contributed by atoms with van der Waals surface area (Å²) in [6.07, 6.45) is 3.89. The van der Waals surface area contributed by atoms with Crippen LogP contribution in [0.25, 0.3) is 0 Å². The molecule has 3 nitrogen and oxygen atoms in total. The summed E-state index contributed by atoms with van der Waals surface area (Å²) in [7, 11) is 0. The summed E-state index contributed by atoms with van der Waals surface area (Å²) >= 11 is 1.91. The first-order valence-corrected chi connectivity index (χ1v) is 8.28. The molecule has 0 aromatic heterocycles. The number of hydrogen-bond acceptors (Lipinski definition) is 3. The Hall–Kier alpha value is -1.42. The van der Waals surface area contributed by atoms with E-state index in [2.05, 4.69) is 12.1 Å². The summed E-state index contributed by atoms with van der Waals surface area (Å²) in [5, 5.41) is 0. The van der Waals surface area contributed by atoms with Gasteiger partial charge in [-0.1, -0.05) is 30.3 Å². The molecule has 0 aliphatic carbocycles. The normalized spacial score (nSPS) is 22.9. The fourth-order valence-electron chi connectivity index (χ4n) is 2.65. The maximum atomic E-state index is 12.7. The van der Waals surface area contributed by atoms with Crippen molar-refractivity contribution in [2.75, 3.05) is 24.7 Å². The molecular weight excluding hydrogens is 270 g/mol. The van der Waals surface area contributed by atoms with E-state index in [-0.39, 0.29) is 11.9 Å². The second-order valence-electron chi connectivity index (χ2n) is 5.06. The smallest absolute Gasteiger partial charge is 0.289 e. The fourth-order valence-corrected chi connectivity index (χ4v) is 3.73. The van der Waals surface area contributed by atoms with Crippen molar-refractivity contribution in [3.63, 3.8) is 0 Å². The molecule has 1 amide bonds. The van der Waals surface area contributed by atoms with Crippen molar-refractivity contribution in [1.82, 2.24) is 4.90 Å². The first-order chi connectivity index (χ1) is 9.86. The van der Waals surface area contributed by atoms with E-state index in [0.717, 1.165) is 30.9 Å². The van der Waals surface area contributed by atoms with Crippen molar-refractivity contribution in [1.29, 1.82) is 0 Å². The van der Waals surface area contributed by atoms with Crippen LogP contribution in [-0.2, 0) is 9.53 Å². The SMILES string of the molecule is O=C(C1=CCCCO1)N1CCSCC1c1ccccc1. The molecule has 2 aliphatic rings. The monoisotopic (exact) mass is 289 g/mol. The molecule has 106 valence electrons. The quantitative estimate of drug-likeness (QED) is 0.838. The number of hydrogen-bond donors (Lipinski definition) is 0. The highest BCUT2D eigenvalue weighted by molar-refractivity contribution is 7.99. The summed E-state index contributed by atoms with van der Waals surface area (Å²) in [6.45, 7) is 1.46. The van der Waals surface area contributed by atoms with Crippen LogP contribution in [-0.4, -0.2) is 35.5 Å². The van der Waals surface area contributed by atoms with E-state index in [4.69, 9.17) is 4.74 Å². The lowest BCUT2D eigenvalue weighted by Crippen LogP contribution is -2.42. The van der Waals surface area contributed by atoms with Crippen LogP contribution in [0.5, 0.6) is 0 Å². The lowest BCUT2D eigenvalue weighted by Gasteiger charge is -2.36. The molecule has 1 aromatic rings. The van der Waals surface area contributed by atoms with Crippen LogP contribution < -0.4 is 0 Å². The first kappa shape index (κ1) is 13.6. The number of benzene rings is 1. The molecule has 0 radical (unpaired) electrons. The van der Waals surface area contributed by atoms with E-state index in [1.54, 1.807) is 0 Å². The molecule has 1 aromatic carbocycles. The number of carbonyl (C=O) groups is 1. The zero-order valence-corrected chi connectivity index (χ0v) is 12.3. The molecule has 2 aliphatic heterocycles. The predicted octanol–water partition coefficient (Wildman–Crippen LogP) is 3.00. The topological polar surface area (TPSA) is 29.5 Å². The van der Waals surface area contributed by atoms with Crippen LogP contribution in [0.4, 0.5) is 0 Å². The van der Waals surface area contributed by atoms with Crippen LogP contribution in [0, 0.1) is 0 Å². The average Bonchev–Trinajstić information content (AvgIpc) is 2.56. The number of amides is 1. The van der Waals surface area contributed by atoms with Crippen molar-refractivity contribution in [2.24, 2.45) is 0 Å². The van der Waals surface area contributed by atoms with Gasteiger partial charge in [0.05, 0.1) is 12.6 Å². The molecule has 0 spiro atoms. The molecule has 1 fully saturated rings. The van der Waals surface area contributed by atoms with Gasteiger partial charge in [-0.2, -0.15) is 11.8 Å². The Morgan fingerprint density at radius 3 is 2.90 bits per heavy atom. The Morgan fingerprint density at radius 1 is 1.30 bits per heavy atom. The standard InChI is InChI=1S/C16H19NO2S/c18-16(15-8-4-5-10-19-15)17-9-11-20-12-14(17)13-6-2-1-3-7-13/h1-3,6-8,14H,4-5,9-12H2. The van der Waals surface area contributed by atoms with Gasteiger partial charge in [-0.05, 0) is 24.5 Å². The van der Waals surface area contributed by atoms with Crippen molar-refractivity contribution in [3.8, 4) is 0 Å². The van der Waals surface area contributed by atoms with Crippen LogP contribution in [0.1, 0.15) is 24.4 Å². The number of allylic oxidation sites excluding steroid dienone is 1. The molecule has 1 atom stereocenters. The summed E-state index contributed by atoms with van der Waals surface area (Å²) in [5.74, 6) is 2.56. The van der Waals surface area contributed by atoms with Crippen molar-refractivity contribution in [3.05, 3.63) is 47.7 Å². The van der Waals surface area contributed by atoms with Gasteiger partial charge in [-0.3, -0.25) is 4.79 Å². The van der Waals surface area contributed by atoms with Gasteiger partial charge in [0, 0.05) is 18.1 Å². The number of nitrogens with zero attached hydrogens (tertiary/aromatic N) is 1. The lowest BCUT2D eigenvalue weighted by atomic mass is 10.1. The minimum absolute atomic E-state index is 0.0545. The number of thioether (sulfide) groups is 1. The van der Waals surface area contributed by atoms with Crippen LogP contribution in [0.3, 0.4) is 0 Å². The molecular formula is C16H19NO2S. The van der Waals surface area contributed by atoms with E-state index in [1.807, 2.05) is 40.9 Å². The highest BCUT2D eigenvalue weighted by Gasteiger charge is 2.31. The van der Waals surface area contributed by atoms with E-state index >= 15 is 0 Å². The molecule has 20 heavy (non-hydrogen) atoms. The summed E-state index contributed by atoms with van der Waals surface area (Å²) in [6, 6.07) is 10.5. The van der Waals surface area contributed by atoms with Gasteiger partial charge in [-0.15, -0.1) is 0 Å².